The van der Waals surface area contributed by atoms with Gasteiger partial charge in [0.05, 0.1) is 11.9 Å². The van der Waals surface area contributed by atoms with Crippen molar-refractivity contribution in [1.29, 1.82) is 0 Å². The van der Waals surface area contributed by atoms with Crippen LogP contribution in [0.15, 0.2) is 6.20 Å². The zero-order valence-corrected chi connectivity index (χ0v) is 12.7. The third-order valence-corrected chi connectivity index (χ3v) is 4.97. The maximum absolute atomic E-state index is 4.44. The Balaban J connectivity index is 2.01. The lowest BCUT2D eigenvalue weighted by Crippen LogP contribution is -2.23. The maximum atomic E-state index is 4.44. The van der Waals surface area contributed by atoms with Crippen molar-refractivity contribution in [1.82, 2.24) is 14.9 Å². The van der Waals surface area contributed by atoms with Gasteiger partial charge in [-0.05, 0) is 10.8 Å². The second-order valence-corrected chi connectivity index (χ2v) is 6.76. The van der Waals surface area contributed by atoms with Gasteiger partial charge < -0.3 is 14.8 Å². The molecular formula is C14H26N4. The van der Waals surface area contributed by atoms with Gasteiger partial charge >= 0.3 is 0 Å². The summed E-state index contributed by atoms with van der Waals surface area (Å²) < 4.78 is 2.15. The molecule has 0 radical (unpaired) electrons. The molecule has 0 spiro atoms. The molecule has 4 nitrogen and oxygen atoms in total. The molecule has 1 fully saturated rings. The minimum absolute atomic E-state index is 0.385. The molecule has 1 aromatic heterocycles. The lowest BCUT2D eigenvalue weighted by Gasteiger charge is -2.13. The second kappa shape index (κ2) is 3.98. The Labute approximate surface area is 110 Å². The van der Waals surface area contributed by atoms with E-state index in [9.17, 15) is 0 Å². The van der Waals surface area contributed by atoms with Crippen LogP contribution in [0.3, 0.4) is 0 Å². The van der Waals surface area contributed by atoms with Crippen molar-refractivity contribution in [2.24, 2.45) is 17.9 Å². The number of imidazole rings is 1. The number of nitrogens with one attached hydrogen (secondary N) is 1. The molecule has 0 amide bonds. The first-order valence-electron chi connectivity index (χ1n) is 6.61. The number of rotatable bonds is 4. The van der Waals surface area contributed by atoms with Crippen LogP contribution >= 0.6 is 0 Å². The first-order chi connectivity index (χ1) is 8.19. The van der Waals surface area contributed by atoms with Crippen molar-refractivity contribution in [3.63, 3.8) is 0 Å². The molecular weight excluding hydrogens is 224 g/mol. The third kappa shape index (κ3) is 1.83. The fourth-order valence-corrected chi connectivity index (χ4v) is 2.93. The summed E-state index contributed by atoms with van der Waals surface area (Å²) in [5.74, 6) is 1.00. The Morgan fingerprint density at radius 2 is 1.83 bits per heavy atom. The van der Waals surface area contributed by atoms with Crippen LogP contribution in [0.5, 0.6) is 0 Å². The summed E-state index contributed by atoms with van der Waals surface area (Å²) in [5.41, 5.74) is 2.00. The van der Waals surface area contributed by atoms with Crippen LogP contribution in [0.4, 0.5) is 5.95 Å². The Bertz CT molecular complexity index is 429. The van der Waals surface area contributed by atoms with Crippen LogP contribution in [-0.4, -0.2) is 29.7 Å². The predicted molar refractivity (Wildman–Crippen MR) is 75.7 cm³/mol. The van der Waals surface area contributed by atoms with E-state index in [1.807, 2.05) is 25.2 Å². The molecule has 1 aliphatic rings. The molecule has 0 aliphatic heterocycles. The predicted octanol–water partition coefficient (Wildman–Crippen LogP) is 2.01. The fraction of sp³-hybridized carbons (Fsp3) is 0.786. The Morgan fingerprint density at radius 3 is 2.22 bits per heavy atom. The molecule has 1 aromatic rings. The molecule has 1 N–H and O–H groups in total. The van der Waals surface area contributed by atoms with E-state index in [-0.39, 0.29) is 0 Å². The molecule has 1 saturated carbocycles. The van der Waals surface area contributed by atoms with Gasteiger partial charge in [-0.1, -0.05) is 27.7 Å². The Kier molecular flexibility index (Phi) is 2.97. The molecule has 0 aromatic carbocycles. The lowest BCUT2D eigenvalue weighted by atomic mass is 10.0. The van der Waals surface area contributed by atoms with Gasteiger partial charge in [0.1, 0.15) is 0 Å². The molecule has 0 bridgehead atoms. The average molecular weight is 250 g/mol. The van der Waals surface area contributed by atoms with Crippen molar-refractivity contribution < 1.29 is 0 Å². The lowest BCUT2D eigenvalue weighted by molar-refractivity contribution is 0.457. The maximum Gasteiger partial charge on any atom is 0.204 e. The summed E-state index contributed by atoms with van der Waals surface area (Å²) in [6.07, 6.45) is 1.96. The van der Waals surface area contributed by atoms with E-state index in [0.717, 1.165) is 12.5 Å². The largest absolute Gasteiger partial charge is 0.348 e. The van der Waals surface area contributed by atoms with Crippen LogP contribution < -0.4 is 10.2 Å². The van der Waals surface area contributed by atoms with E-state index >= 15 is 0 Å². The summed E-state index contributed by atoms with van der Waals surface area (Å²) in [4.78, 5) is 6.47. The molecule has 4 heteroatoms. The van der Waals surface area contributed by atoms with Crippen LogP contribution in [-0.2, 0) is 13.6 Å². The molecule has 1 heterocycles. The van der Waals surface area contributed by atoms with Crippen LogP contribution in [0, 0.1) is 10.8 Å². The van der Waals surface area contributed by atoms with Gasteiger partial charge in [0.15, 0.2) is 0 Å². The van der Waals surface area contributed by atoms with Crippen LogP contribution in [0.2, 0.25) is 0 Å². The average Bonchev–Trinajstić information content (AvgIpc) is 2.57. The number of nitrogens with zero attached hydrogens (tertiary/aromatic N) is 3. The first-order valence-corrected chi connectivity index (χ1v) is 6.61. The molecule has 0 atom stereocenters. The van der Waals surface area contributed by atoms with E-state index in [1.54, 1.807) is 0 Å². The highest BCUT2D eigenvalue weighted by atomic mass is 15.3. The fourth-order valence-electron chi connectivity index (χ4n) is 2.93. The molecule has 1 aliphatic carbocycles. The van der Waals surface area contributed by atoms with E-state index < -0.39 is 0 Å². The zero-order chi connectivity index (χ0) is 13.7. The second-order valence-electron chi connectivity index (χ2n) is 6.76. The minimum atomic E-state index is 0.385. The number of anilines is 1. The number of aromatic nitrogens is 2. The third-order valence-electron chi connectivity index (χ3n) is 4.97. The van der Waals surface area contributed by atoms with Gasteiger partial charge in [-0.3, -0.25) is 0 Å². The van der Waals surface area contributed by atoms with Gasteiger partial charge in [0.25, 0.3) is 0 Å². The Morgan fingerprint density at radius 1 is 1.28 bits per heavy atom. The van der Waals surface area contributed by atoms with Crippen molar-refractivity contribution in [2.45, 2.75) is 40.3 Å². The quantitative estimate of drug-likeness (QED) is 0.887. The SMILES string of the molecule is CN(C)c1ncc(CNC2C(C)(C)C2(C)C)n1C. The molecule has 18 heavy (non-hydrogen) atoms. The van der Waals surface area contributed by atoms with Crippen LogP contribution in [0.25, 0.3) is 0 Å². The standard InChI is InChI=1S/C14H26N4/c1-13(2)11(14(13,3)4)15-8-10-9-16-12(17(5)6)18(10)7/h9,11,15H,8H2,1-7H3. The van der Waals surface area contributed by atoms with Crippen molar-refractivity contribution in [3.05, 3.63) is 11.9 Å². The van der Waals surface area contributed by atoms with Crippen molar-refractivity contribution in [2.75, 3.05) is 19.0 Å². The highest BCUT2D eigenvalue weighted by molar-refractivity contribution is 5.31. The zero-order valence-electron chi connectivity index (χ0n) is 12.7. The topological polar surface area (TPSA) is 33.1 Å². The summed E-state index contributed by atoms with van der Waals surface area (Å²) in [6.45, 7) is 10.2. The van der Waals surface area contributed by atoms with Gasteiger partial charge in [-0.15, -0.1) is 0 Å². The number of hydrogen-bond acceptors (Lipinski definition) is 3. The monoisotopic (exact) mass is 250 g/mol. The summed E-state index contributed by atoms with van der Waals surface area (Å²) in [7, 11) is 6.11. The summed E-state index contributed by atoms with van der Waals surface area (Å²) in [5, 5.41) is 3.67. The smallest absolute Gasteiger partial charge is 0.204 e. The summed E-state index contributed by atoms with van der Waals surface area (Å²) >= 11 is 0. The highest BCUT2D eigenvalue weighted by Crippen LogP contribution is 2.62. The van der Waals surface area contributed by atoms with E-state index in [2.05, 4.69) is 49.6 Å². The molecule has 102 valence electrons. The summed E-state index contributed by atoms with van der Waals surface area (Å²) in [6, 6.07) is 0.586. The van der Waals surface area contributed by atoms with Gasteiger partial charge in [0.2, 0.25) is 5.95 Å². The van der Waals surface area contributed by atoms with Crippen molar-refractivity contribution in [3.8, 4) is 0 Å². The number of hydrogen-bond donors (Lipinski definition) is 1. The van der Waals surface area contributed by atoms with Crippen molar-refractivity contribution >= 4 is 5.95 Å². The van der Waals surface area contributed by atoms with E-state index in [0.29, 0.717) is 16.9 Å². The van der Waals surface area contributed by atoms with Gasteiger partial charge in [0, 0.05) is 33.7 Å². The highest BCUT2D eigenvalue weighted by Gasteiger charge is 2.64. The van der Waals surface area contributed by atoms with Gasteiger partial charge in [-0.25, -0.2) is 4.98 Å². The normalized spacial score (nSPS) is 21.1. The minimum Gasteiger partial charge on any atom is -0.348 e. The molecule has 0 unspecified atom stereocenters. The van der Waals surface area contributed by atoms with E-state index in [1.165, 1.54) is 5.69 Å². The molecule has 2 rings (SSSR count). The van der Waals surface area contributed by atoms with Gasteiger partial charge in [-0.2, -0.15) is 0 Å². The first kappa shape index (κ1) is 13.4. The Hall–Kier alpha value is -1.03. The van der Waals surface area contributed by atoms with E-state index in [4.69, 9.17) is 0 Å². The molecule has 0 saturated heterocycles. The van der Waals surface area contributed by atoms with Crippen LogP contribution in [0.1, 0.15) is 33.4 Å².